The van der Waals surface area contributed by atoms with Crippen molar-refractivity contribution in [3.63, 3.8) is 0 Å². The molecule has 27 heavy (non-hydrogen) atoms. The van der Waals surface area contributed by atoms with Gasteiger partial charge < -0.3 is 5.32 Å². The van der Waals surface area contributed by atoms with Crippen LogP contribution in [0.3, 0.4) is 0 Å². The van der Waals surface area contributed by atoms with Crippen molar-refractivity contribution in [2.24, 2.45) is 5.92 Å². The summed E-state index contributed by atoms with van der Waals surface area (Å²) in [5.74, 6) is 0.338. The fourth-order valence-corrected chi connectivity index (χ4v) is 4.43. The van der Waals surface area contributed by atoms with Crippen LogP contribution in [0, 0.1) is 5.92 Å². The number of rotatable bonds is 3. The molecule has 136 valence electrons. The van der Waals surface area contributed by atoms with Crippen LogP contribution in [-0.2, 0) is 11.2 Å². The first-order chi connectivity index (χ1) is 13.3. The number of amides is 1. The number of hydrogen-bond donors (Lipinski definition) is 2. The maximum absolute atomic E-state index is 12.4. The molecule has 4 nitrogen and oxygen atoms in total. The predicted octanol–water partition coefficient (Wildman–Crippen LogP) is 5.17. The molecule has 0 radical (unpaired) electrons. The summed E-state index contributed by atoms with van der Waals surface area (Å²) in [4.78, 5) is 12.4. The molecule has 0 atom stereocenters. The van der Waals surface area contributed by atoms with Crippen molar-refractivity contribution in [3.05, 3.63) is 59.7 Å². The van der Waals surface area contributed by atoms with Crippen LogP contribution in [-0.4, -0.2) is 16.1 Å². The highest BCUT2D eigenvalue weighted by atomic mass is 16.1. The molecule has 2 aliphatic carbocycles. The molecule has 4 heteroatoms. The van der Waals surface area contributed by atoms with Gasteiger partial charge in [0.25, 0.3) is 0 Å². The van der Waals surface area contributed by atoms with E-state index in [4.69, 9.17) is 0 Å². The standard InChI is InChI=1S/C23H23N3O/c27-23(16-6-2-1-3-7-16)24-18-12-10-15(11-13-18)21-20-14-17-8-4-5-9-19(17)22(20)26-25-21/h4-5,8-13,16H,1-3,6-7,14H2,(H,24,27)(H,25,26). The normalized spacial score (nSPS) is 16.0. The Balaban J connectivity index is 1.34. The number of fused-ring (bicyclic) bond motifs is 3. The second-order valence-electron chi connectivity index (χ2n) is 7.66. The zero-order valence-electron chi connectivity index (χ0n) is 15.3. The monoisotopic (exact) mass is 357 g/mol. The number of aromatic nitrogens is 2. The van der Waals surface area contributed by atoms with Gasteiger partial charge in [-0.3, -0.25) is 9.89 Å². The minimum absolute atomic E-state index is 0.165. The Hall–Kier alpha value is -2.88. The number of nitrogens with one attached hydrogen (secondary N) is 2. The first-order valence-electron chi connectivity index (χ1n) is 9.86. The van der Waals surface area contributed by atoms with Crippen LogP contribution in [0.5, 0.6) is 0 Å². The fraction of sp³-hybridized carbons (Fsp3) is 0.304. The van der Waals surface area contributed by atoms with E-state index in [9.17, 15) is 4.79 Å². The van der Waals surface area contributed by atoms with E-state index in [1.807, 2.05) is 12.1 Å². The van der Waals surface area contributed by atoms with E-state index in [-0.39, 0.29) is 11.8 Å². The molecule has 1 aromatic heterocycles. The van der Waals surface area contributed by atoms with Gasteiger partial charge >= 0.3 is 0 Å². The minimum atomic E-state index is 0.165. The molecule has 3 aromatic rings. The van der Waals surface area contributed by atoms with E-state index in [0.717, 1.165) is 41.9 Å². The summed E-state index contributed by atoms with van der Waals surface area (Å²) in [6.45, 7) is 0. The molecule has 1 amide bonds. The van der Waals surface area contributed by atoms with Crippen molar-refractivity contribution in [2.75, 3.05) is 5.32 Å². The summed E-state index contributed by atoms with van der Waals surface area (Å²) in [7, 11) is 0. The second kappa shape index (κ2) is 6.69. The highest BCUT2D eigenvalue weighted by Crippen LogP contribution is 2.39. The molecular formula is C23H23N3O. The third-order valence-electron chi connectivity index (χ3n) is 5.92. The van der Waals surface area contributed by atoms with Crippen molar-refractivity contribution >= 4 is 11.6 Å². The summed E-state index contributed by atoms with van der Waals surface area (Å²) in [6.07, 6.45) is 6.55. The van der Waals surface area contributed by atoms with Gasteiger partial charge in [0, 0.05) is 34.7 Å². The number of nitrogens with zero attached hydrogens (tertiary/aromatic N) is 1. The summed E-state index contributed by atoms with van der Waals surface area (Å²) >= 11 is 0. The van der Waals surface area contributed by atoms with E-state index in [2.05, 4.69) is 51.9 Å². The lowest BCUT2D eigenvalue weighted by Gasteiger charge is -2.20. The van der Waals surface area contributed by atoms with Crippen LogP contribution in [0.1, 0.15) is 43.2 Å². The quantitative estimate of drug-likeness (QED) is 0.532. The molecule has 1 fully saturated rings. The molecular weight excluding hydrogens is 334 g/mol. The molecule has 1 saturated carbocycles. The van der Waals surface area contributed by atoms with E-state index < -0.39 is 0 Å². The number of carbonyl (C=O) groups is 1. The van der Waals surface area contributed by atoms with Crippen molar-refractivity contribution in [1.29, 1.82) is 0 Å². The van der Waals surface area contributed by atoms with Crippen LogP contribution in [0.25, 0.3) is 22.5 Å². The van der Waals surface area contributed by atoms with Crippen LogP contribution >= 0.6 is 0 Å². The zero-order valence-corrected chi connectivity index (χ0v) is 15.3. The Morgan fingerprint density at radius 2 is 1.78 bits per heavy atom. The maximum Gasteiger partial charge on any atom is 0.227 e. The highest BCUT2D eigenvalue weighted by molar-refractivity contribution is 5.93. The topological polar surface area (TPSA) is 57.8 Å². The van der Waals surface area contributed by atoms with Gasteiger partial charge in [-0.05, 0) is 30.5 Å². The van der Waals surface area contributed by atoms with Gasteiger partial charge in [0.1, 0.15) is 0 Å². The molecule has 0 unspecified atom stereocenters. The van der Waals surface area contributed by atoms with E-state index in [0.29, 0.717) is 0 Å². The Bertz CT molecular complexity index is 981. The summed E-state index contributed by atoms with van der Waals surface area (Å²) in [5.41, 5.74) is 7.94. The van der Waals surface area contributed by atoms with E-state index >= 15 is 0 Å². The second-order valence-corrected chi connectivity index (χ2v) is 7.66. The van der Waals surface area contributed by atoms with Gasteiger partial charge in [-0.1, -0.05) is 55.7 Å². The lowest BCUT2D eigenvalue weighted by molar-refractivity contribution is -0.120. The van der Waals surface area contributed by atoms with Crippen molar-refractivity contribution in [1.82, 2.24) is 10.2 Å². The van der Waals surface area contributed by atoms with Crippen molar-refractivity contribution < 1.29 is 4.79 Å². The SMILES string of the molecule is O=C(Nc1ccc(-c2n[nH]c3c2Cc2ccccc2-3)cc1)C1CCCCC1. The van der Waals surface area contributed by atoms with Crippen molar-refractivity contribution in [2.45, 2.75) is 38.5 Å². The molecule has 0 bridgehead atoms. The lowest BCUT2D eigenvalue weighted by Crippen LogP contribution is -2.24. The van der Waals surface area contributed by atoms with Gasteiger partial charge in [-0.2, -0.15) is 5.10 Å². The molecule has 0 spiro atoms. The average Bonchev–Trinajstić information content (AvgIpc) is 3.29. The number of benzene rings is 2. The summed E-state index contributed by atoms with van der Waals surface area (Å²) < 4.78 is 0. The summed E-state index contributed by atoms with van der Waals surface area (Å²) in [5, 5.41) is 10.9. The van der Waals surface area contributed by atoms with Gasteiger partial charge in [0.2, 0.25) is 5.91 Å². The average molecular weight is 357 g/mol. The number of anilines is 1. The largest absolute Gasteiger partial charge is 0.326 e. The van der Waals surface area contributed by atoms with Crippen molar-refractivity contribution in [3.8, 4) is 22.5 Å². The van der Waals surface area contributed by atoms with Crippen LogP contribution in [0.2, 0.25) is 0 Å². The predicted molar refractivity (Wildman–Crippen MR) is 107 cm³/mol. The molecule has 1 heterocycles. The van der Waals surface area contributed by atoms with E-state index in [1.54, 1.807) is 0 Å². The van der Waals surface area contributed by atoms with Crippen LogP contribution in [0.4, 0.5) is 5.69 Å². The molecule has 0 aliphatic heterocycles. The smallest absolute Gasteiger partial charge is 0.227 e. The Morgan fingerprint density at radius 3 is 2.59 bits per heavy atom. The van der Waals surface area contributed by atoms with Gasteiger partial charge in [-0.15, -0.1) is 0 Å². The third kappa shape index (κ3) is 2.95. The van der Waals surface area contributed by atoms with Crippen LogP contribution < -0.4 is 5.32 Å². The van der Waals surface area contributed by atoms with Gasteiger partial charge in [-0.25, -0.2) is 0 Å². The fourth-order valence-electron chi connectivity index (χ4n) is 4.43. The van der Waals surface area contributed by atoms with E-state index in [1.165, 1.54) is 36.0 Å². The Kier molecular flexibility index (Phi) is 4.04. The first-order valence-corrected chi connectivity index (χ1v) is 9.86. The number of hydrogen-bond acceptors (Lipinski definition) is 2. The van der Waals surface area contributed by atoms with Gasteiger partial charge in [0.15, 0.2) is 0 Å². The number of aromatic amines is 1. The minimum Gasteiger partial charge on any atom is -0.326 e. The van der Waals surface area contributed by atoms with Crippen LogP contribution in [0.15, 0.2) is 48.5 Å². The maximum atomic E-state index is 12.4. The molecule has 2 aliphatic rings. The molecule has 5 rings (SSSR count). The highest BCUT2D eigenvalue weighted by Gasteiger charge is 2.25. The Labute approximate surface area is 159 Å². The first kappa shape index (κ1) is 16.3. The van der Waals surface area contributed by atoms with Gasteiger partial charge in [0.05, 0.1) is 11.4 Å². The molecule has 0 saturated heterocycles. The third-order valence-corrected chi connectivity index (χ3v) is 5.92. The lowest BCUT2D eigenvalue weighted by atomic mass is 9.88. The zero-order chi connectivity index (χ0) is 18.2. The molecule has 2 aromatic carbocycles. The number of carbonyl (C=O) groups excluding carboxylic acids is 1. The Morgan fingerprint density at radius 1 is 1.00 bits per heavy atom. The number of H-pyrrole nitrogens is 1. The summed E-state index contributed by atoms with van der Waals surface area (Å²) in [6, 6.07) is 16.5. The molecule has 2 N–H and O–H groups in total.